The molecule has 0 spiro atoms. The van der Waals surface area contributed by atoms with Crippen molar-refractivity contribution < 1.29 is 28.8 Å². The third kappa shape index (κ3) is 4.19. The van der Waals surface area contributed by atoms with Crippen molar-refractivity contribution >= 4 is 40.5 Å². The van der Waals surface area contributed by atoms with E-state index in [0.717, 1.165) is 22.3 Å². The summed E-state index contributed by atoms with van der Waals surface area (Å²) in [7, 11) is 0. The number of fused-ring (bicyclic) bond motifs is 5. The van der Waals surface area contributed by atoms with Gasteiger partial charge in [0.05, 0.1) is 22.3 Å². The molecule has 3 amide bonds. The molecule has 0 radical (unpaired) electrons. The Morgan fingerprint density at radius 2 is 1.31 bits per heavy atom. The van der Waals surface area contributed by atoms with Gasteiger partial charge in [-0.15, -0.1) is 0 Å². The van der Waals surface area contributed by atoms with Crippen LogP contribution >= 0.6 is 0 Å². The molecule has 9 heteroatoms. The molecule has 9 nitrogen and oxygen atoms in total. The number of rotatable bonds is 6. The van der Waals surface area contributed by atoms with E-state index in [9.17, 15) is 19.2 Å². The third-order valence-corrected chi connectivity index (χ3v) is 7.64. The highest BCUT2D eigenvalue weighted by molar-refractivity contribution is 6.20. The second kappa shape index (κ2) is 10.0. The summed E-state index contributed by atoms with van der Waals surface area (Å²) in [5, 5.41) is 3.98. The fourth-order valence-corrected chi connectivity index (χ4v) is 5.73. The van der Waals surface area contributed by atoms with Gasteiger partial charge < -0.3 is 14.1 Å². The number of carbonyl (C=O) groups is 4. The summed E-state index contributed by atoms with van der Waals surface area (Å²) in [6.45, 7) is -0.0776. The third-order valence-electron chi connectivity index (χ3n) is 7.64. The van der Waals surface area contributed by atoms with Crippen LogP contribution in [0.1, 0.15) is 37.8 Å². The maximum atomic E-state index is 12.9. The molecule has 4 aromatic carbocycles. The van der Waals surface area contributed by atoms with E-state index >= 15 is 0 Å². The van der Waals surface area contributed by atoms with E-state index < -0.39 is 23.9 Å². The zero-order valence-corrected chi connectivity index (χ0v) is 22.2. The smallest absolute Gasteiger partial charge is 0.411 e. The first-order valence-electron chi connectivity index (χ1n) is 13.4. The molecule has 0 unspecified atom stereocenters. The van der Waals surface area contributed by atoms with Crippen molar-refractivity contribution in [1.29, 1.82) is 0 Å². The zero-order valence-electron chi connectivity index (χ0n) is 22.2. The van der Waals surface area contributed by atoms with Gasteiger partial charge in [-0.05, 0) is 52.6 Å². The predicted molar refractivity (Wildman–Crippen MR) is 154 cm³/mol. The summed E-state index contributed by atoms with van der Waals surface area (Å²) in [5.74, 6) is -2.23. The van der Waals surface area contributed by atoms with Crippen LogP contribution in [0.15, 0.2) is 103 Å². The van der Waals surface area contributed by atoms with E-state index in [0.29, 0.717) is 21.7 Å². The van der Waals surface area contributed by atoms with Crippen molar-refractivity contribution in [1.82, 2.24) is 9.63 Å². The topological polar surface area (TPSA) is 107 Å². The van der Waals surface area contributed by atoms with Gasteiger partial charge in [0.1, 0.15) is 13.2 Å². The highest BCUT2D eigenvalue weighted by Gasteiger charge is 2.38. The molecule has 7 rings (SSSR count). The monoisotopic (exact) mass is 557 g/mol. The number of ether oxygens (including phenoxy) is 1. The molecule has 5 aromatic rings. The highest BCUT2D eigenvalue weighted by Crippen LogP contribution is 2.44. The largest absolute Gasteiger partial charge is 0.448 e. The zero-order chi connectivity index (χ0) is 28.8. The number of aromatic nitrogens is 1. The number of imide groups is 1. The van der Waals surface area contributed by atoms with Crippen LogP contribution in [-0.2, 0) is 20.9 Å². The Hall–Kier alpha value is -5.70. The van der Waals surface area contributed by atoms with Gasteiger partial charge >= 0.3 is 12.1 Å². The van der Waals surface area contributed by atoms with Gasteiger partial charge in [-0.2, -0.15) is 0 Å². The minimum absolute atomic E-state index is 0.0619. The number of carbonyl (C=O) groups excluding carboxylic acids is 4. The molecule has 0 saturated carbocycles. The van der Waals surface area contributed by atoms with Crippen LogP contribution in [0, 0.1) is 0 Å². The van der Waals surface area contributed by atoms with Crippen molar-refractivity contribution in [3.05, 3.63) is 126 Å². The van der Waals surface area contributed by atoms with Crippen molar-refractivity contribution in [3.63, 3.8) is 0 Å². The fraction of sp³-hybridized carbons (Fsp3) is 0.0909. The van der Waals surface area contributed by atoms with E-state index in [2.05, 4.69) is 29.6 Å². The van der Waals surface area contributed by atoms with Gasteiger partial charge in [-0.1, -0.05) is 71.8 Å². The normalized spacial score (nSPS) is 13.6. The van der Waals surface area contributed by atoms with Gasteiger partial charge in [0.2, 0.25) is 0 Å². The quantitative estimate of drug-likeness (QED) is 0.266. The second-order valence-corrected chi connectivity index (χ2v) is 10.0. The molecule has 2 heterocycles. The first kappa shape index (κ1) is 25.3. The van der Waals surface area contributed by atoms with Crippen LogP contribution in [0.5, 0.6) is 0 Å². The maximum Gasteiger partial charge on any atom is 0.411 e. The lowest BCUT2D eigenvalue weighted by Crippen LogP contribution is -2.33. The summed E-state index contributed by atoms with van der Waals surface area (Å²) in [5.41, 5.74) is 6.07. The molecular formula is C33H23N3O6. The van der Waals surface area contributed by atoms with E-state index in [1.165, 1.54) is 12.1 Å². The molecule has 0 fully saturated rings. The number of hydrogen-bond acceptors (Lipinski definition) is 6. The van der Waals surface area contributed by atoms with Crippen molar-refractivity contribution in [2.45, 2.75) is 12.5 Å². The fourth-order valence-electron chi connectivity index (χ4n) is 5.73. The maximum absolute atomic E-state index is 12.9. The molecule has 0 saturated heterocycles. The molecule has 42 heavy (non-hydrogen) atoms. The lowest BCUT2D eigenvalue weighted by atomic mass is 9.98. The lowest BCUT2D eigenvalue weighted by molar-refractivity contribution is -0.169. The van der Waals surface area contributed by atoms with Crippen LogP contribution < -0.4 is 5.32 Å². The predicted octanol–water partition coefficient (Wildman–Crippen LogP) is 5.76. The summed E-state index contributed by atoms with van der Waals surface area (Å²) in [6, 6.07) is 29.6. The molecule has 2 aliphatic rings. The summed E-state index contributed by atoms with van der Waals surface area (Å²) < 4.78 is 7.29. The van der Waals surface area contributed by atoms with Crippen LogP contribution in [-0.4, -0.2) is 40.1 Å². The van der Waals surface area contributed by atoms with E-state index in [-0.39, 0.29) is 30.2 Å². The average Bonchev–Trinajstić information content (AvgIpc) is 3.64. The number of anilines is 1. The van der Waals surface area contributed by atoms with E-state index in [4.69, 9.17) is 9.57 Å². The van der Waals surface area contributed by atoms with E-state index in [1.807, 2.05) is 24.3 Å². The molecule has 206 valence electrons. The average molecular weight is 558 g/mol. The Labute approximate surface area is 239 Å². The Morgan fingerprint density at radius 1 is 0.714 bits per heavy atom. The molecule has 1 aliphatic carbocycles. The number of amides is 3. The summed E-state index contributed by atoms with van der Waals surface area (Å²) in [6.07, 6.45) is 1.07. The van der Waals surface area contributed by atoms with Crippen molar-refractivity contribution in [2.75, 3.05) is 11.9 Å². The van der Waals surface area contributed by atoms with Gasteiger partial charge in [0.15, 0.2) is 0 Å². The van der Waals surface area contributed by atoms with Crippen LogP contribution in [0.4, 0.5) is 10.5 Å². The number of nitrogens with one attached hydrogen (secondary N) is 1. The lowest BCUT2D eigenvalue weighted by Gasteiger charge is -2.15. The minimum atomic E-state index is -0.795. The first-order valence-corrected chi connectivity index (χ1v) is 13.4. The van der Waals surface area contributed by atoms with Crippen LogP contribution in [0.25, 0.3) is 22.0 Å². The minimum Gasteiger partial charge on any atom is -0.448 e. The van der Waals surface area contributed by atoms with Gasteiger partial charge in [-0.3, -0.25) is 14.9 Å². The first-order chi connectivity index (χ1) is 20.5. The van der Waals surface area contributed by atoms with E-state index in [1.54, 1.807) is 47.2 Å². The van der Waals surface area contributed by atoms with Crippen LogP contribution in [0.3, 0.4) is 0 Å². The SMILES string of the molecule is O=C(Cn1ccc2c(NC(=O)OCC3c4ccccc4-c4ccccc43)cccc21)ON1C(=O)c2ccccc2C1=O. The molecule has 1 aromatic heterocycles. The standard InChI is InChI=1S/C33H23N3O6/c37-30(42-36-31(38)24-12-5-6-13-25(24)32(36)39)18-35-17-16-26-28(14-7-15-29(26)35)34-33(40)41-19-27-22-10-3-1-8-20(22)21-9-2-4-11-23(21)27/h1-17,27H,18-19H2,(H,34,40). The number of benzene rings is 4. The van der Waals surface area contributed by atoms with Crippen molar-refractivity contribution in [2.24, 2.45) is 0 Å². The highest BCUT2D eigenvalue weighted by atomic mass is 16.7. The van der Waals surface area contributed by atoms with Gasteiger partial charge in [0, 0.05) is 17.5 Å². The Bertz CT molecular complexity index is 1850. The van der Waals surface area contributed by atoms with Gasteiger partial charge in [0.25, 0.3) is 11.8 Å². The van der Waals surface area contributed by atoms with Crippen LogP contribution in [0.2, 0.25) is 0 Å². The van der Waals surface area contributed by atoms with Crippen molar-refractivity contribution in [3.8, 4) is 11.1 Å². The Balaban J connectivity index is 1.02. The molecule has 1 aliphatic heterocycles. The molecule has 0 bridgehead atoms. The number of nitrogens with zero attached hydrogens (tertiary/aromatic N) is 2. The number of hydrogen-bond donors (Lipinski definition) is 1. The molecule has 0 atom stereocenters. The molecular weight excluding hydrogens is 534 g/mol. The Morgan fingerprint density at radius 3 is 1.95 bits per heavy atom. The molecule has 1 N–H and O–H groups in total. The summed E-state index contributed by atoms with van der Waals surface area (Å²) >= 11 is 0. The summed E-state index contributed by atoms with van der Waals surface area (Å²) in [4.78, 5) is 55.8. The van der Waals surface area contributed by atoms with Gasteiger partial charge in [-0.25, -0.2) is 9.59 Å². The Kier molecular flexibility index (Phi) is 6.05. The second-order valence-electron chi connectivity index (χ2n) is 10.0. The number of hydroxylamine groups is 2.